The first-order chi connectivity index (χ1) is 27.0. The molecule has 14 nitrogen and oxygen atoms in total. The molecule has 0 aromatic carbocycles. The first-order valence-electron chi connectivity index (χ1n) is 21.7. The van der Waals surface area contributed by atoms with Crippen LogP contribution in [-0.2, 0) is 47.5 Å². The minimum Gasteiger partial charge on any atom is -0.459 e. The summed E-state index contributed by atoms with van der Waals surface area (Å²) in [5.41, 5.74) is 0.189. The van der Waals surface area contributed by atoms with Gasteiger partial charge in [0.1, 0.15) is 31.0 Å². The number of carbonyl (C=O) groups is 2. The Balaban J connectivity index is 0.819. The molecule has 322 valence electrons. The fraction of sp³-hybridized carbons (Fsp3) is 0.907. The van der Waals surface area contributed by atoms with Crippen molar-refractivity contribution in [2.45, 2.75) is 204 Å². The number of hydrogen-bond donors (Lipinski definition) is 4. The Morgan fingerprint density at radius 2 is 1.39 bits per heavy atom. The predicted molar refractivity (Wildman–Crippen MR) is 201 cm³/mol. The maximum Gasteiger partial charge on any atom is 0.331 e. The van der Waals surface area contributed by atoms with Crippen LogP contribution in [0.2, 0.25) is 0 Å². The highest BCUT2D eigenvalue weighted by Crippen LogP contribution is 2.70. The molecule has 3 saturated heterocycles. The van der Waals surface area contributed by atoms with Gasteiger partial charge in [0.05, 0.1) is 42.2 Å². The second kappa shape index (κ2) is 16.0. The molecule has 0 unspecified atom stereocenters. The quantitative estimate of drug-likeness (QED) is 0.205. The van der Waals surface area contributed by atoms with E-state index in [1.165, 1.54) is 6.92 Å². The van der Waals surface area contributed by atoms with Crippen LogP contribution in [0.4, 0.5) is 0 Å². The van der Waals surface area contributed by atoms with Crippen LogP contribution in [0, 0.1) is 34.5 Å². The number of fused-ring (bicyclic) bond motifs is 5. The van der Waals surface area contributed by atoms with Gasteiger partial charge in [0.2, 0.25) is 0 Å². The molecule has 0 aromatic heterocycles. The zero-order valence-corrected chi connectivity index (χ0v) is 34.5. The summed E-state index contributed by atoms with van der Waals surface area (Å²) in [7, 11) is 0. The molecule has 4 aliphatic carbocycles. The third kappa shape index (κ3) is 7.65. The third-order valence-corrected chi connectivity index (χ3v) is 16.2. The Bertz CT molecular complexity index is 1500. The molecule has 4 saturated carbocycles. The zero-order chi connectivity index (χ0) is 40.6. The van der Waals surface area contributed by atoms with Crippen molar-refractivity contribution in [3.05, 3.63) is 11.6 Å². The molecule has 8 rings (SSSR count). The van der Waals surface area contributed by atoms with Crippen molar-refractivity contribution in [2.24, 2.45) is 34.5 Å². The smallest absolute Gasteiger partial charge is 0.331 e. The van der Waals surface area contributed by atoms with E-state index in [9.17, 15) is 30.0 Å². The SMILES string of the molecule is CC(=O)O[C@H]1C[C@@H](O[C@H]2[C@@H](O)C[C@@H](O[C@H]3[C@@H](O)C[C@H](O[C@H]4CC[C@@]5(C)[C@H](CC[C@H]6[C@H]5CC[C@]5(C)[C@@H](C7=CC(=O)OC7)CC[C@]65O)C4)O[C@@H]3C)O[C@@H]2C)O[C@H](C)[C@H]1O. The molecular formula is C43H66O14. The van der Waals surface area contributed by atoms with Gasteiger partial charge in [0, 0.05) is 37.7 Å². The molecule has 14 heteroatoms. The van der Waals surface area contributed by atoms with Crippen molar-refractivity contribution in [1.82, 2.24) is 0 Å². The second-order valence-electron chi connectivity index (χ2n) is 19.3. The number of hydrogen-bond acceptors (Lipinski definition) is 14. The fourth-order valence-corrected chi connectivity index (χ4v) is 13.1. The van der Waals surface area contributed by atoms with E-state index in [1.54, 1.807) is 19.9 Å². The van der Waals surface area contributed by atoms with Gasteiger partial charge in [0.25, 0.3) is 0 Å². The Kier molecular flexibility index (Phi) is 11.8. The average molecular weight is 807 g/mol. The lowest BCUT2D eigenvalue weighted by Crippen LogP contribution is -2.62. The first-order valence-corrected chi connectivity index (χ1v) is 21.7. The predicted octanol–water partition coefficient (Wildman–Crippen LogP) is 3.82. The van der Waals surface area contributed by atoms with Crippen LogP contribution in [-0.4, -0.2) is 124 Å². The van der Waals surface area contributed by atoms with Crippen molar-refractivity contribution in [3.8, 4) is 0 Å². The van der Waals surface area contributed by atoms with Crippen LogP contribution in [0.25, 0.3) is 0 Å². The third-order valence-electron chi connectivity index (χ3n) is 16.2. The number of aliphatic hydroxyl groups excluding tert-OH is 3. The van der Waals surface area contributed by atoms with Gasteiger partial charge in [-0.05, 0) is 113 Å². The Hall–Kier alpha value is -1.72. The molecule has 0 amide bonds. The molecule has 57 heavy (non-hydrogen) atoms. The molecule has 4 N–H and O–H groups in total. The summed E-state index contributed by atoms with van der Waals surface area (Å²) in [6.45, 7) is 11.7. The topological polar surface area (TPSA) is 189 Å². The number of esters is 2. The summed E-state index contributed by atoms with van der Waals surface area (Å²) >= 11 is 0. The minimum atomic E-state index is -0.992. The molecule has 4 aliphatic heterocycles. The van der Waals surface area contributed by atoms with E-state index in [4.69, 9.17) is 37.9 Å². The van der Waals surface area contributed by atoms with Crippen molar-refractivity contribution in [1.29, 1.82) is 0 Å². The van der Waals surface area contributed by atoms with E-state index in [-0.39, 0.29) is 54.0 Å². The van der Waals surface area contributed by atoms with Crippen molar-refractivity contribution >= 4 is 11.9 Å². The van der Waals surface area contributed by atoms with E-state index >= 15 is 0 Å². The average Bonchev–Trinajstić information content (AvgIpc) is 3.69. The molecule has 8 aliphatic rings. The number of ether oxygens (including phenoxy) is 8. The lowest BCUT2D eigenvalue weighted by Gasteiger charge is -2.64. The molecule has 0 bridgehead atoms. The van der Waals surface area contributed by atoms with Gasteiger partial charge in [-0.3, -0.25) is 4.79 Å². The highest BCUT2D eigenvalue weighted by Gasteiger charge is 2.68. The Labute approximate surface area is 336 Å². The van der Waals surface area contributed by atoms with Crippen LogP contribution in [0.1, 0.15) is 119 Å². The largest absolute Gasteiger partial charge is 0.459 e. The van der Waals surface area contributed by atoms with Crippen LogP contribution in [0.15, 0.2) is 11.6 Å². The number of carbonyl (C=O) groups excluding carboxylic acids is 2. The summed E-state index contributed by atoms with van der Waals surface area (Å²) in [5.74, 6) is 0.591. The minimum absolute atomic E-state index is 0.0134. The maximum absolute atomic E-state index is 12.6. The summed E-state index contributed by atoms with van der Waals surface area (Å²) in [6, 6.07) is 0. The number of cyclic esters (lactones) is 1. The zero-order valence-electron chi connectivity index (χ0n) is 34.5. The van der Waals surface area contributed by atoms with E-state index in [0.717, 1.165) is 63.4 Å². The number of aliphatic hydroxyl groups is 4. The highest BCUT2D eigenvalue weighted by molar-refractivity contribution is 5.85. The summed E-state index contributed by atoms with van der Waals surface area (Å²) < 4.78 is 47.8. The number of rotatable bonds is 8. The van der Waals surface area contributed by atoms with Gasteiger partial charge in [-0.15, -0.1) is 0 Å². The Morgan fingerprint density at radius 3 is 2.00 bits per heavy atom. The van der Waals surface area contributed by atoms with Crippen LogP contribution in [0.5, 0.6) is 0 Å². The monoisotopic (exact) mass is 806 g/mol. The lowest BCUT2D eigenvalue weighted by atomic mass is 9.43. The first kappa shape index (κ1) is 42.0. The van der Waals surface area contributed by atoms with Crippen LogP contribution < -0.4 is 0 Å². The fourth-order valence-electron chi connectivity index (χ4n) is 13.1. The maximum atomic E-state index is 12.6. The van der Waals surface area contributed by atoms with Gasteiger partial charge in [-0.1, -0.05) is 13.8 Å². The normalized spacial score (nSPS) is 52.6. The lowest BCUT2D eigenvalue weighted by molar-refractivity contribution is -0.336. The van der Waals surface area contributed by atoms with E-state index < -0.39 is 85.4 Å². The van der Waals surface area contributed by atoms with Crippen LogP contribution in [0.3, 0.4) is 0 Å². The van der Waals surface area contributed by atoms with Gasteiger partial charge in [-0.2, -0.15) is 0 Å². The van der Waals surface area contributed by atoms with Gasteiger partial charge >= 0.3 is 11.9 Å². The van der Waals surface area contributed by atoms with Gasteiger partial charge in [0.15, 0.2) is 18.9 Å². The molecule has 20 atom stereocenters. The molecule has 0 aromatic rings. The van der Waals surface area contributed by atoms with E-state index in [1.807, 2.05) is 6.92 Å². The van der Waals surface area contributed by atoms with Gasteiger partial charge in [-0.25, -0.2) is 4.79 Å². The molecule has 0 spiro atoms. The van der Waals surface area contributed by atoms with Crippen molar-refractivity contribution in [3.63, 3.8) is 0 Å². The molecule has 0 radical (unpaired) electrons. The molecular weight excluding hydrogens is 740 g/mol. The second-order valence-corrected chi connectivity index (χ2v) is 19.3. The van der Waals surface area contributed by atoms with E-state index in [2.05, 4.69) is 13.8 Å². The molecule has 7 fully saturated rings. The van der Waals surface area contributed by atoms with Crippen molar-refractivity contribution < 1.29 is 67.9 Å². The standard InChI is InChI=1S/C43H66O14/c1-21-38(48)33(54-24(4)44)19-37(51-21)57-40-23(3)53-36(18-32(40)46)56-39-22(2)52-35(17-31(39)45)55-27-9-12-41(5)26(16-27)7-8-30-29(41)10-13-42(6)28(11-14-43(30,42)49)25-15-34(47)50-20-25/h15,21-23,26-33,35-40,45-46,48-49H,7-14,16-20H2,1-6H3/t21-,22-,23-,26-,27+,28-,29-,30+,31+,32+,33+,35+,36-,37-,38-,39-,40-,41+,42-,43+/m1/s1. The molecule has 4 heterocycles. The van der Waals surface area contributed by atoms with E-state index in [0.29, 0.717) is 18.4 Å². The van der Waals surface area contributed by atoms with Gasteiger partial charge < -0.3 is 58.3 Å². The summed E-state index contributed by atoms with van der Waals surface area (Å²) in [4.78, 5) is 23.5. The summed E-state index contributed by atoms with van der Waals surface area (Å²) in [5, 5.41) is 45.4. The Morgan fingerprint density at radius 1 is 0.754 bits per heavy atom. The summed E-state index contributed by atoms with van der Waals surface area (Å²) in [6.07, 6.45) is 1.76. The highest BCUT2D eigenvalue weighted by atomic mass is 16.7. The van der Waals surface area contributed by atoms with Crippen LogP contribution >= 0.6 is 0 Å². The van der Waals surface area contributed by atoms with Crippen molar-refractivity contribution in [2.75, 3.05) is 6.61 Å².